The van der Waals surface area contributed by atoms with Gasteiger partial charge in [0.1, 0.15) is 0 Å². The van der Waals surface area contributed by atoms with Crippen molar-refractivity contribution >= 4 is 19.9 Å². The second-order valence-corrected chi connectivity index (χ2v) is 5.98. The zero-order valence-corrected chi connectivity index (χ0v) is 5.37. The quantitative estimate of drug-likeness (QED) is 0.415. The van der Waals surface area contributed by atoms with E-state index in [0.29, 0.717) is 0 Å². The van der Waals surface area contributed by atoms with E-state index < -0.39 is 0 Å². The lowest BCUT2D eigenvalue weighted by atomic mass is 10.3. The van der Waals surface area contributed by atoms with Crippen molar-refractivity contribution in [3.05, 3.63) is 0 Å². The molecule has 0 aromatic heterocycles. The Morgan fingerprint density at radius 3 is 2.71 bits per heavy atom. The summed E-state index contributed by atoms with van der Waals surface area (Å²) in [6.45, 7) is 0. The average molecular weight is 114 g/mol. The molecule has 0 amide bonds. The summed E-state index contributed by atoms with van der Waals surface area (Å²) in [5.41, 5.74) is 0. The molecule has 7 heavy (non-hydrogen) atoms. The van der Waals surface area contributed by atoms with Crippen molar-refractivity contribution in [2.45, 2.75) is 18.1 Å². The third-order valence-electron chi connectivity index (χ3n) is 1.95. The number of rotatable bonds is 0. The van der Waals surface area contributed by atoms with Gasteiger partial charge in [0.15, 0.2) is 0 Å². The van der Waals surface area contributed by atoms with Crippen molar-refractivity contribution in [2.24, 2.45) is 0 Å². The second-order valence-electron chi connectivity index (χ2n) is 2.53. The van der Waals surface area contributed by atoms with Crippen LogP contribution in [0.1, 0.15) is 12.8 Å². The second kappa shape index (κ2) is 0.921. The van der Waals surface area contributed by atoms with Crippen LogP contribution in [0.5, 0.6) is 0 Å². The molecule has 2 unspecified atom stereocenters. The molecule has 0 N–H and O–H groups in total. The Hall–Kier alpha value is 0.0900. The van der Waals surface area contributed by atoms with E-state index in [2.05, 4.69) is 17.0 Å². The topological polar surface area (TPSA) is 0 Å². The SMILES string of the molecule is CS12=CCCC1C=2. The molecular weight excluding hydrogens is 104 g/mol. The summed E-state index contributed by atoms with van der Waals surface area (Å²) in [5, 5.41) is 6.11. The van der Waals surface area contributed by atoms with Crippen LogP contribution in [0.2, 0.25) is 0 Å². The zero-order valence-electron chi connectivity index (χ0n) is 4.55. The predicted molar refractivity (Wildman–Crippen MR) is 38.7 cm³/mol. The molecule has 2 heterocycles. The first-order valence-corrected chi connectivity index (χ1v) is 5.00. The first-order valence-electron chi connectivity index (χ1n) is 2.77. The lowest BCUT2D eigenvalue weighted by Gasteiger charge is -1.83. The van der Waals surface area contributed by atoms with Gasteiger partial charge in [0, 0.05) is 5.25 Å². The van der Waals surface area contributed by atoms with Gasteiger partial charge in [0.05, 0.1) is 0 Å². The van der Waals surface area contributed by atoms with Crippen molar-refractivity contribution in [3.8, 4) is 0 Å². The predicted octanol–water partition coefficient (Wildman–Crippen LogP) is 1.20. The number of hydrogen-bond donors (Lipinski definition) is 0. The highest BCUT2D eigenvalue weighted by Gasteiger charge is 2.27. The minimum atomic E-state index is -0.130. The summed E-state index contributed by atoms with van der Waals surface area (Å²) in [5.74, 6) is 0. The molecule has 1 heteroatoms. The summed E-state index contributed by atoms with van der Waals surface area (Å²) in [4.78, 5) is 0. The standard InChI is InChI=1S/C6H10S/c1-7-4-2-3-6(7)5-7/h4-6H,2-3H2,1H3. The molecule has 2 aliphatic rings. The number of fused-ring (bicyclic) bond motifs is 1. The number of hydrogen-bond acceptors (Lipinski definition) is 0. The molecule has 0 aliphatic carbocycles. The fourth-order valence-electron chi connectivity index (χ4n) is 1.28. The largest absolute Gasteiger partial charge is 0.203 e. The fourth-order valence-corrected chi connectivity index (χ4v) is 4.18. The molecule has 2 aliphatic heterocycles. The van der Waals surface area contributed by atoms with Crippen LogP contribution in [-0.2, 0) is 0 Å². The first kappa shape index (κ1) is 4.02. The Morgan fingerprint density at radius 1 is 1.71 bits per heavy atom. The highest BCUT2D eigenvalue weighted by molar-refractivity contribution is 8.36. The smallest absolute Gasteiger partial charge is 0.0181 e. The van der Waals surface area contributed by atoms with Crippen LogP contribution in [0.25, 0.3) is 0 Å². The maximum atomic E-state index is 2.53. The zero-order chi connectivity index (χ0) is 4.91. The monoisotopic (exact) mass is 114 g/mol. The molecule has 2 rings (SSSR count). The van der Waals surface area contributed by atoms with E-state index in [4.69, 9.17) is 0 Å². The maximum absolute atomic E-state index is 2.53. The van der Waals surface area contributed by atoms with E-state index in [-0.39, 0.29) is 9.21 Å². The van der Waals surface area contributed by atoms with Crippen LogP contribution in [0.3, 0.4) is 0 Å². The summed E-state index contributed by atoms with van der Waals surface area (Å²) in [7, 11) is -0.130. The van der Waals surface area contributed by atoms with E-state index in [1.165, 1.54) is 12.8 Å². The van der Waals surface area contributed by atoms with Gasteiger partial charge in [-0.05, 0) is 19.1 Å². The van der Waals surface area contributed by atoms with Gasteiger partial charge < -0.3 is 0 Å². The molecule has 0 aromatic carbocycles. The van der Waals surface area contributed by atoms with Gasteiger partial charge in [-0.15, -0.1) is 0 Å². The van der Waals surface area contributed by atoms with Crippen molar-refractivity contribution in [1.29, 1.82) is 0 Å². The fraction of sp³-hybridized carbons (Fsp3) is 0.667. The van der Waals surface area contributed by atoms with E-state index in [1.54, 1.807) is 0 Å². The highest BCUT2D eigenvalue weighted by atomic mass is 32.2. The van der Waals surface area contributed by atoms with Crippen molar-refractivity contribution in [1.82, 2.24) is 0 Å². The summed E-state index contributed by atoms with van der Waals surface area (Å²) < 4.78 is 0. The minimum absolute atomic E-state index is 0.130. The van der Waals surface area contributed by atoms with Crippen molar-refractivity contribution < 1.29 is 0 Å². The van der Waals surface area contributed by atoms with Crippen LogP contribution in [-0.4, -0.2) is 22.2 Å². The minimum Gasteiger partial charge on any atom is -0.203 e. The summed E-state index contributed by atoms with van der Waals surface area (Å²) in [6.07, 6.45) is 5.27. The van der Waals surface area contributed by atoms with E-state index in [1.807, 2.05) is 0 Å². The van der Waals surface area contributed by atoms with Crippen LogP contribution in [0.15, 0.2) is 0 Å². The Balaban J connectivity index is 2.58. The van der Waals surface area contributed by atoms with E-state index in [9.17, 15) is 0 Å². The van der Waals surface area contributed by atoms with Gasteiger partial charge in [0.2, 0.25) is 0 Å². The van der Waals surface area contributed by atoms with Crippen molar-refractivity contribution in [2.75, 3.05) is 6.26 Å². The average Bonchev–Trinajstić information content (AvgIpc) is 2.09. The Morgan fingerprint density at radius 2 is 2.57 bits per heavy atom. The molecule has 0 saturated heterocycles. The molecule has 0 fully saturated rings. The molecule has 0 nitrogen and oxygen atoms in total. The maximum Gasteiger partial charge on any atom is 0.0181 e. The normalized spacial score (nSPS) is 54.7. The highest BCUT2D eigenvalue weighted by Crippen LogP contribution is 2.46. The lowest BCUT2D eigenvalue weighted by molar-refractivity contribution is 1.000. The van der Waals surface area contributed by atoms with Gasteiger partial charge in [0.25, 0.3) is 0 Å². The van der Waals surface area contributed by atoms with Crippen LogP contribution >= 0.6 is 9.21 Å². The molecule has 40 valence electrons. The third-order valence-corrected chi connectivity index (χ3v) is 5.18. The van der Waals surface area contributed by atoms with E-state index in [0.717, 1.165) is 5.25 Å². The van der Waals surface area contributed by atoms with Crippen molar-refractivity contribution in [3.63, 3.8) is 0 Å². The van der Waals surface area contributed by atoms with Gasteiger partial charge in [-0.1, -0.05) is 10.7 Å². The Kier molecular flexibility index (Phi) is 0.529. The van der Waals surface area contributed by atoms with Gasteiger partial charge in [-0.25, -0.2) is 9.21 Å². The first-order chi connectivity index (χ1) is 3.31. The molecule has 2 atom stereocenters. The van der Waals surface area contributed by atoms with Crippen LogP contribution in [0.4, 0.5) is 0 Å². The molecule has 0 aromatic rings. The van der Waals surface area contributed by atoms with Crippen LogP contribution < -0.4 is 0 Å². The van der Waals surface area contributed by atoms with Gasteiger partial charge >= 0.3 is 0 Å². The molecule has 0 bridgehead atoms. The van der Waals surface area contributed by atoms with Gasteiger partial charge in [-0.3, -0.25) is 0 Å². The van der Waals surface area contributed by atoms with Crippen LogP contribution in [0, 0.1) is 0 Å². The Labute approximate surface area is 45.0 Å². The molecule has 0 saturated carbocycles. The summed E-state index contributed by atoms with van der Waals surface area (Å²) in [6, 6.07) is 0. The van der Waals surface area contributed by atoms with Gasteiger partial charge in [-0.2, -0.15) is 0 Å². The molecule has 0 spiro atoms. The third kappa shape index (κ3) is 0.394. The Bertz CT molecular complexity index is 204. The van der Waals surface area contributed by atoms with E-state index >= 15 is 0 Å². The molecule has 0 radical (unpaired) electrons. The lowest BCUT2D eigenvalue weighted by Crippen LogP contribution is -1.79. The molecular formula is C6H10S. The summed E-state index contributed by atoms with van der Waals surface area (Å²) >= 11 is 0.